The van der Waals surface area contributed by atoms with Crippen LogP contribution >= 0.6 is 11.6 Å². The normalized spacial score (nSPS) is 22.1. The third-order valence-corrected chi connectivity index (χ3v) is 4.20. The van der Waals surface area contributed by atoms with Crippen LogP contribution in [0.2, 0.25) is 5.02 Å². The Bertz CT molecular complexity index is 467. The zero-order chi connectivity index (χ0) is 15.2. The topological polar surface area (TPSA) is 53.7 Å². The molecule has 0 aromatic heterocycles. The molecule has 1 saturated carbocycles. The van der Waals surface area contributed by atoms with Crippen molar-refractivity contribution in [3.63, 3.8) is 0 Å². The van der Waals surface area contributed by atoms with Crippen LogP contribution in [0.25, 0.3) is 0 Å². The van der Waals surface area contributed by atoms with E-state index in [0.717, 1.165) is 37.7 Å². The van der Waals surface area contributed by atoms with E-state index in [1.807, 2.05) is 12.1 Å². The maximum atomic E-state index is 6.36. The molecule has 1 aromatic rings. The summed E-state index contributed by atoms with van der Waals surface area (Å²) in [6, 6.07) is 3.85. The molecule has 21 heavy (non-hydrogen) atoms. The standard InChI is InChI=1S/C16H24ClNO3/c1-19-12-4-3-5-13(10-12)21-16-14(17)8-11(6-7-18)9-15(16)20-2/h8-9,12-13H,3-7,10,18H2,1-2H3. The van der Waals surface area contributed by atoms with E-state index in [0.29, 0.717) is 23.1 Å². The molecule has 2 atom stereocenters. The highest BCUT2D eigenvalue weighted by atomic mass is 35.5. The number of halogens is 1. The summed E-state index contributed by atoms with van der Waals surface area (Å²) >= 11 is 6.36. The number of rotatable bonds is 6. The number of nitrogens with two attached hydrogens (primary N) is 1. The molecule has 2 N–H and O–H groups in total. The fraction of sp³-hybridized carbons (Fsp3) is 0.625. The van der Waals surface area contributed by atoms with Crippen LogP contribution in [0, 0.1) is 0 Å². The molecule has 118 valence electrons. The highest BCUT2D eigenvalue weighted by molar-refractivity contribution is 6.32. The lowest BCUT2D eigenvalue weighted by atomic mass is 9.95. The molecule has 2 rings (SSSR count). The molecule has 0 aliphatic heterocycles. The predicted octanol–water partition coefficient (Wildman–Crippen LogP) is 3.19. The number of ether oxygens (including phenoxy) is 3. The highest BCUT2D eigenvalue weighted by Gasteiger charge is 2.25. The van der Waals surface area contributed by atoms with Crippen LogP contribution in [0.5, 0.6) is 11.5 Å². The van der Waals surface area contributed by atoms with E-state index in [2.05, 4.69) is 0 Å². The summed E-state index contributed by atoms with van der Waals surface area (Å²) in [5, 5.41) is 0.581. The van der Waals surface area contributed by atoms with Gasteiger partial charge in [0.1, 0.15) is 6.10 Å². The second-order valence-corrected chi connectivity index (χ2v) is 5.82. The monoisotopic (exact) mass is 313 g/mol. The van der Waals surface area contributed by atoms with Gasteiger partial charge < -0.3 is 19.9 Å². The molecule has 1 aliphatic rings. The molecule has 5 heteroatoms. The maximum absolute atomic E-state index is 6.36. The van der Waals surface area contributed by atoms with E-state index in [-0.39, 0.29) is 12.2 Å². The molecular formula is C16H24ClNO3. The molecule has 0 amide bonds. The van der Waals surface area contributed by atoms with Crippen LogP contribution < -0.4 is 15.2 Å². The van der Waals surface area contributed by atoms with E-state index in [1.54, 1.807) is 14.2 Å². The summed E-state index contributed by atoms with van der Waals surface area (Å²) in [6.45, 7) is 0.581. The molecule has 0 radical (unpaired) electrons. The van der Waals surface area contributed by atoms with E-state index in [1.165, 1.54) is 0 Å². The number of benzene rings is 1. The molecule has 0 spiro atoms. The van der Waals surface area contributed by atoms with Gasteiger partial charge in [-0.25, -0.2) is 0 Å². The van der Waals surface area contributed by atoms with Crippen molar-refractivity contribution < 1.29 is 14.2 Å². The molecule has 1 fully saturated rings. The van der Waals surface area contributed by atoms with E-state index < -0.39 is 0 Å². The average Bonchev–Trinajstić information content (AvgIpc) is 2.50. The molecule has 4 nitrogen and oxygen atoms in total. The Morgan fingerprint density at radius 3 is 2.67 bits per heavy atom. The van der Waals surface area contributed by atoms with Crippen molar-refractivity contribution in [3.8, 4) is 11.5 Å². The zero-order valence-electron chi connectivity index (χ0n) is 12.7. The maximum Gasteiger partial charge on any atom is 0.180 e. The van der Waals surface area contributed by atoms with Gasteiger partial charge in [-0.3, -0.25) is 0 Å². The molecule has 1 aromatic carbocycles. The minimum Gasteiger partial charge on any atom is -0.493 e. The Labute approximate surface area is 131 Å². The van der Waals surface area contributed by atoms with Gasteiger partial charge in [-0.15, -0.1) is 0 Å². The van der Waals surface area contributed by atoms with Crippen LogP contribution in [0.3, 0.4) is 0 Å². The third-order valence-electron chi connectivity index (χ3n) is 3.92. The Morgan fingerprint density at radius 1 is 1.24 bits per heavy atom. The lowest BCUT2D eigenvalue weighted by molar-refractivity contribution is 0.0202. The first-order valence-corrected chi connectivity index (χ1v) is 7.81. The fourth-order valence-corrected chi connectivity index (χ4v) is 3.07. The molecule has 0 bridgehead atoms. The van der Waals surface area contributed by atoms with E-state index in [4.69, 9.17) is 31.5 Å². The fourth-order valence-electron chi connectivity index (χ4n) is 2.79. The van der Waals surface area contributed by atoms with E-state index in [9.17, 15) is 0 Å². The SMILES string of the molecule is COc1cc(CCN)cc(Cl)c1OC1CCCC(OC)C1. The number of hydrogen-bond donors (Lipinski definition) is 1. The van der Waals surface area contributed by atoms with Gasteiger partial charge in [0, 0.05) is 13.5 Å². The van der Waals surface area contributed by atoms with Crippen molar-refractivity contribution >= 4 is 11.6 Å². The van der Waals surface area contributed by atoms with Crippen LogP contribution in [-0.4, -0.2) is 33.0 Å². The summed E-state index contributed by atoms with van der Waals surface area (Å²) in [6.07, 6.45) is 5.27. The van der Waals surface area contributed by atoms with Gasteiger partial charge in [-0.1, -0.05) is 11.6 Å². The van der Waals surface area contributed by atoms with Gasteiger partial charge in [0.05, 0.1) is 18.2 Å². The van der Waals surface area contributed by atoms with Crippen molar-refractivity contribution in [3.05, 3.63) is 22.7 Å². The van der Waals surface area contributed by atoms with Crippen molar-refractivity contribution in [1.29, 1.82) is 0 Å². The quantitative estimate of drug-likeness (QED) is 0.876. The minimum atomic E-state index is 0.121. The molecule has 2 unspecified atom stereocenters. The van der Waals surface area contributed by atoms with Gasteiger partial charge in [0.2, 0.25) is 0 Å². The van der Waals surface area contributed by atoms with E-state index >= 15 is 0 Å². The Morgan fingerprint density at radius 2 is 2.00 bits per heavy atom. The van der Waals surface area contributed by atoms with Gasteiger partial charge in [-0.05, 0) is 49.9 Å². The van der Waals surface area contributed by atoms with Gasteiger partial charge in [0.25, 0.3) is 0 Å². The number of methoxy groups -OCH3 is 2. The van der Waals surface area contributed by atoms with Gasteiger partial charge in [0.15, 0.2) is 11.5 Å². The Hall–Kier alpha value is -0.970. The number of hydrogen-bond acceptors (Lipinski definition) is 4. The summed E-state index contributed by atoms with van der Waals surface area (Å²) < 4.78 is 17.0. The molecular weight excluding hydrogens is 290 g/mol. The van der Waals surface area contributed by atoms with Gasteiger partial charge in [-0.2, -0.15) is 0 Å². The second kappa shape index (κ2) is 7.87. The Kier molecular flexibility index (Phi) is 6.15. The van der Waals surface area contributed by atoms with Crippen LogP contribution in [0.1, 0.15) is 31.2 Å². The van der Waals surface area contributed by atoms with Crippen LogP contribution in [-0.2, 0) is 11.2 Å². The van der Waals surface area contributed by atoms with Crippen molar-refractivity contribution in [1.82, 2.24) is 0 Å². The smallest absolute Gasteiger partial charge is 0.180 e. The van der Waals surface area contributed by atoms with Crippen molar-refractivity contribution in [2.45, 2.75) is 44.3 Å². The summed E-state index contributed by atoms with van der Waals surface area (Å²) in [7, 11) is 3.38. The minimum absolute atomic E-state index is 0.121. The van der Waals surface area contributed by atoms with Crippen LogP contribution in [0.15, 0.2) is 12.1 Å². The van der Waals surface area contributed by atoms with Crippen molar-refractivity contribution in [2.24, 2.45) is 5.73 Å². The zero-order valence-corrected chi connectivity index (χ0v) is 13.5. The summed E-state index contributed by atoms with van der Waals surface area (Å²) in [4.78, 5) is 0. The van der Waals surface area contributed by atoms with Crippen LogP contribution in [0.4, 0.5) is 0 Å². The van der Waals surface area contributed by atoms with Gasteiger partial charge >= 0.3 is 0 Å². The summed E-state index contributed by atoms with van der Waals surface area (Å²) in [5.41, 5.74) is 6.65. The lowest BCUT2D eigenvalue weighted by Crippen LogP contribution is -2.29. The molecule has 0 saturated heterocycles. The highest BCUT2D eigenvalue weighted by Crippen LogP contribution is 2.39. The Balaban J connectivity index is 2.15. The summed E-state index contributed by atoms with van der Waals surface area (Å²) in [5.74, 6) is 1.30. The molecule has 0 heterocycles. The first-order valence-electron chi connectivity index (χ1n) is 7.43. The first kappa shape index (κ1) is 16.4. The third kappa shape index (κ3) is 4.25. The first-order chi connectivity index (χ1) is 10.2. The predicted molar refractivity (Wildman–Crippen MR) is 84.4 cm³/mol. The second-order valence-electron chi connectivity index (χ2n) is 5.41. The van der Waals surface area contributed by atoms with Crippen molar-refractivity contribution in [2.75, 3.05) is 20.8 Å². The molecule has 1 aliphatic carbocycles. The lowest BCUT2D eigenvalue weighted by Gasteiger charge is -2.29. The largest absolute Gasteiger partial charge is 0.493 e. The average molecular weight is 314 g/mol.